The van der Waals surface area contributed by atoms with Crippen molar-refractivity contribution in [1.29, 1.82) is 0 Å². The van der Waals surface area contributed by atoms with E-state index in [2.05, 4.69) is 15.3 Å². The molecule has 4 nitrogen and oxygen atoms in total. The number of halogens is 4. The van der Waals surface area contributed by atoms with Gasteiger partial charge in [-0.3, -0.25) is 0 Å². The second-order valence-electron chi connectivity index (χ2n) is 4.10. The summed E-state index contributed by atoms with van der Waals surface area (Å²) in [6, 6.07) is 0.689. The van der Waals surface area contributed by atoms with Crippen molar-refractivity contribution in [2.75, 3.05) is 18.5 Å². The van der Waals surface area contributed by atoms with Gasteiger partial charge in [-0.1, -0.05) is 11.6 Å². The summed E-state index contributed by atoms with van der Waals surface area (Å²) in [5, 5.41) is 2.44. The molecule has 8 heteroatoms. The Morgan fingerprint density at radius 3 is 2.63 bits per heavy atom. The smallest absolute Gasteiger partial charge is 0.379 e. The van der Waals surface area contributed by atoms with Crippen LogP contribution in [0.2, 0.25) is 5.15 Å². The van der Waals surface area contributed by atoms with Crippen LogP contribution < -0.4 is 5.32 Å². The minimum Gasteiger partial charge on any atom is -0.379 e. The van der Waals surface area contributed by atoms with Gasteiger partial charge in [-0.25, -0.2) is 9.97 Å². The molecule has 1 rings (SSSR count). The van der Waals surface area contributed by atoms with Crippen molar-refractivity contribution in [3.8, 4) is 0 Å². The van der Waals surface area contributed by atoms with Crippen LogP contribution in [0.25, 0.3) is 0 Å². The molecule has 0 saturated heterocycles. The number of ether oxygens (including phenoxy) is 1. The zero-order valence-electron chi connectivity index (χ0n) is 10.6. The quantitative estimate of drug-likeness (QED) is 0.646. The van der Waals surface area contributed by atoms with E-state index in [1.165, 1.54) is 0 Å². The normalized spacial score (nSPS) is 11.9. The van der Waals surface area contributed by atoms with Gasteiger partial charge in [0.2, 0.25) is 5.95 Å². The number of alkyl halides is 3. The lowest BCUT2D eigenvalue weighted by Gasteiger charge is -2.10. The fourth-order valence-electron chi connectivity index (χ4n) is 1.23. The molecule has 0 amide bonds. The fraction of sp³-hybridized carbons (Fsp3) is 0.636. The van der Waals surface area contributed by atoms with E-state index in [-0.39, 0.29) is 17.2 Å². The molecule has 0 saturated carbocycles. The van der Waals surface area contributed by atoms with Crippen LogP contribution in [-0.4, -0.2) is 29.2 Å². The van der Waals surface area contributed by atoms with E-state index in [0.29, 0.717) is 25.6 Å². The summed E-state index contributed by atoms with van der Waals surface area (Å²) in [7, 11) is 0. The van der Waals surface area contributed by atoms with Crippen molar-refractivity contribution in [2.45, 2.75) is 32.5 Å². The SMILES string of the molecule is CC(C)OCCCNc1nc(Cl)cc(C(F)(F)F)n1. The number of aromatic nitrogens is 2. The van der Waals surface area contributed by atoms with Gasteiger partial charge in [0.25, 0.3) is 0 Å². The molecule has 0 spiro atoms. The topological polar surface area (TPSA) is 47.0 Å². The molecule has 0 atom stereocenters. The van der Waals surface area contributed by atoms with Gasteiger partial charge in [0.05, 0.1) is 6.10 Å². The van der Waals surface area contributed by atoms with Crippen molar-refractivity contribution in [1.82, 2.24) is 9.97 Å². The van der Waals surface area contributed by atoms with Gasteiger partial charge in [0.1, 0.15) is 5.15 Å². The number of nitrogens with zero attached hydrogens (tertiary/aromatic N) is 2. The zero-order valence-corrected chi connectivity index (χ0v) is 11.3. The standard InChI is InChI=1S/C11H15ClF3N3O/c1-7(2)19-5-3-4-16-10-17-8(11(13,14)15)6-9(12)18-10/h6-7H,3-5H2,1-2H3,(H,16,17,18). The Hall–Kier alpha value is -1.08. The third kappa shape index (κ3) is 6.07. The summed E-state index contributed by atoms with van der Waals surface area (Å²) < 4.78 is 42.7. The minimum absolute atomic E-state index is 0.124. The molecular weight excluding hydrogens is 283 g/mol. The van der Waals surface area contributed by atoms with E-state index < -0.39 is 11.9 Å². The third-order valence-corrected chi connectivity index (χ3v) is 2.23. The van der Waals surface area contributed by atoms with Gasteiger partial charge < -0.3 is 10.1 Å². The summed E-state index contributed by atoms with van der Waals surface area (Å²) in [4.78, 5) is 7.05. The molecule has 1 aromatic rings. The van der Waals surface area contributed by atoms with Gasteiger partial charge >= 0.3 is 6.18 Å². The lowest BCUT2D eigenvalue weighted by molar-refractivity contribution is -0.141. The Morgan fingerprint density at radius 2 is 2.05 bits per heavy atom. The highest BCUT2D eigenvalue weighted by molar-refractivity contribution is 6.29. The molecule has 1 N–H and O–H groups in total. The van der Waals surface area contributed by atoms with E-state index in [1.54, 1.807) is 0 Å². The van der Waals surface area contributed by atoms with Crippen LogP contribution in [0.15, 0.2) is 6.07 Å². The molecule has 0 radical (unpaired) electrons. The van der Waals surface area contributed by atoms with Crippen LogP contribution in [0.3, 0.4) is 0 Å². The summed E-state index contributed by atoms with van der Waals surface area (Å²) in [5.41, 5.74) is -1.06. The fourth-order valence-corrected chi connectivity index (χ4v) is 1.42. The predicted octanol–water partition coefficient (Wildman–Crippen LogP) is 3.38. The average Bonchev–Trinajstić information content (AvgIpc) is 2.26. The summed E-state index contributed by atoms with van der Waals surface area (Å²) in [6.45, 7) is 4.73. The van der Waals surface area contributed by atoms with Crippen molar-refractivity contribution in [2.24, 2.45) is 0 Å². The van der Waals surface area contributed by atoms with E-state index in [4.69, 9.17) is 16.3 Å². The molecule has 108 valence electrons. The van der Waals surface area contributed by atoms with E-state index in [0.717, 1.165) is 0 Å². The molecule has 1 heterocycles. The number of hydrogen-bond donors (Lipinski definition) is 1. The van der Waals surface area contributed by atoms with Crippen molar-refractivity contribution in [3.63, 3.8) is 0 Å². The second-order valence-corrected chi connectivity index (χ2v) is 4.48. The van der Waals surface area contributed by atoms with Gasteiger partial charge in [-0.15, -0.1) is 0 Å². The van der Waals surface area contributed by atoms with Gasteiger partial charge in [0, 0.05) is 19.2 Å². The first-order valence-corrected chi connectivity index (χ1v) is 6.14. The first-order chi connectivity index (χ1) is 8.79. The third-order valence-electron chi connectivity index (χ3n) is 2.04. The maximum atomic E-state index is 12.5. The predicted molar refractivity (Wildman–Crippen MR) is 66.2 cm³/mol. The summed E-state index contributed by atoms with van der Waals surface area (Å²) >= 11 is 5.52. The summed E-state index contributed by atoms with van der Waals surface area (Å²) in [5.74, 6) is -0.135. The Labute approximate surface area is 114 Å². The number of hydrogen-bond acceptors (Lipinski definition) is 4. The lowest BCUT2D eigenvalue weighted by Crippen LogP contribution is -2.14. The van der Waals surface area contributed by atoms with Crippen LogP contribution in [0.1, 0.15) is 26.0 Å². The Morgan fingerprint density at radius 1 is 1.37 bits per heavy atom. The lowest BCUT2D eigenvalue weighted by atomic mass is 10.4. The monoisotopic (exact) mass is 297 g/mol. The molecule has 0 aromatic carbocycles. The number of rotatable bonds is 6. The zero-order chi connectivity index (χ0) is 14.5. The molecule has 1 aromatic heterocycles. The van der Waals surface area contributed by atoms with Crippen LogP contribution in [0.5, 0.6) is 0 Å². The summed E-state index contributed by atoms with van der Waals surface area (Å²) in [6.07, 6.45) is -3.78. The molecule has 0 bridgehead atoms. The van der Waals surface area contributed by atoms with Crippen LogP contribution >= 0.6 is 11.6 Å². The highest BCUT2D eigenvalue weighted by Crippen LogP contribution is 2.29. The van der Waals surface area contributed by atoms with E-state index >= 15 is 0 Å². The van der Waals surface area contributed by atoms with Crippen molar-refractivity contribution >= 4 is 17.5 Å². The minimum atomic E-state index is -4.54. The first-order valence-electron chi connectivity index (χ1n) is 5.76. The molecule has 19 heavy (non-hydrogen) atoms. The van der Waals surface area contributed by atoms with Gasteiger partial charge in [-0.05, 0) is 20.3 Å². The Bertz CT molecular complexity index is 413. The highest BCUT2D eigenvalue weighted by atomic mass is 35.5. The van der Waals surface area contributed by atoms with Crippen molar-refractivity contribution in [3.05, 3.63) is 16.9 Å². The molecular formula is C11H15ClF3N3O. The Balaban J connectivity index is 2.52. The van der Waals surface area contributed by atoms with Crippen LogP contribution in [-0.2, 0) is 10.9 Å². The number of anilines is 1. The van der Waals surface area contributed by atoms with Crippen LogP contribution in [0.4, 0.5) is 19.1 Å². The molecule has 0 aliphatic heterocycles. The molecule has 0 fully saturated rings. The second kappa shape index (κ2) is 6.91. The van der Waals surface area contributed by atoms with E-state index in [1.807, 2.05) is 13.8 Å². The van der Waals surface area contributed by atoms with Gasteiger partial charge in [-0.2, -0.15) is 13.2 Å². The van der Waals surface area contributed by atoms with E-state index in [9.17, 15) is 13.2 Å². The molecule has 0 aliphatic rings. The largest absolute Gasteiger partial charge is 0.433 e. The van der Waals surface area contributed by atoms with Crippen LogP contribution in [0, 0.1) is 0 Å². The average molecular weight is 298 g/mol. The highest BCUT2D eigenvalue weighted by Gasteiger charge is 2.33. The maximum Gasteiger partial charge on any atom is 0.433 e. The maximum absolute atomic E-state index is 12.5. The van der Waals surface area contributed by atoms with Crippen molar-refractivity contribution < 1.29 is 17.9 Å². The molecule has 0 aliphatic carbocycles. The number of nitrogens with one attached hydrogen (secondary N) is 1. The van der Waals surface area contributed by atoms with Gasteiger partial charge in [0.15, 0.2) is 5.69 Å². The first kappa shape index (κ1) is 16.0. The molecule has 0 unspecified atom stereocenters. The Kier molecular flexibility index (Phi) is 5.81.